The van der Waals surface area contributed by atoms with E-state index in [9.17, 15) is 0 Å². The summed E-state index contributed by atoms with van der Waals surface area (Å²) in [5, 5.41) is 15.5. The summed E-state index contributed by atoms with van der Waals surface area (Å²) < 4.78 is 2.20. The Morgan fingerprint density at radius 1 is 1.00 bits per heavy atom. The van der Waals surface area contributed by atoms with Crippen molar-refractivity contribution in [3.05, 3.63) is 28.2 Å². The minimum absolute atomic E-state index is 0.219. The van der Waals surface area contributed by atoms with Gasteiger partial charge >= 0.3 is 0 Å². The summed E-state index contributed by atoms with van der Waals surface area (Å²) in [6.45, 7) is 2.38. The van der Waals surface area contributed by atoms with Crippen LogP contribution < -0.4 is 0 Å². The number of piperidine rings is 1. The van der Waals surface area contributed by atoms with Gasteiger partial charge in [-0.3, -0.25) is 4.90 Å². The zero-order valence-electron chi connectivity index (χ0n) is 16.9. The lowest BCUT2D eigenvalue weighted by Crippen LogP contribution is -2.46. The Kier molecular flexibility index (Phi) is 5.51. The Hall–Kier alpha value is -1.27. The molecule has 1 aliphatic heterocycles. The molecule has 0 radical (unpaired) electrons. The molecule has 1 atom stereocenters. The van der Waals surface area contributed by atoms with Gasteiger partial charge in [0.05, 0.1) is 6.04 Å². The average molecular weight is 400 g/mol. The molecule has 0 N–H and O–H groups in total. The molecule has 3 heterocycles. The minimum atomic E-state index is 0.219. The van der Waals surface area contributed by atoms with Crippen LogP contribution in [0.5, 0.6) is 0 Å². The van der Waals surface area contributed by atoms with Crippen LogP contribution >= 0.6 is 11.3 Å². The van der Waals surface area contributed by atoms with Gasteiger partial charge < -0.3 is 0 Å². The van der Waals surface area contributed by atoms with Gasteiger partial charge in [-0.15, -0.1) is 16.4 Å². The maximum Gasteiger partial charge on any atom is 0.174 e. The van der Waals surface area contributed by atoms with E-state index in [-0.39, 0.29) is 6.04 Å². The lowest BCUT2D eigenvalue weighted by molar-refractivity contribution is 0.0343. The highest BCUT2D eigenvalue weighted by molar-refractivity contribution is 7.10. The number of hydrogen-bond donors (Lipinski definition) is 0. The van der Waals surface area contributed by atoms with Gasteiger partial charge in [0.25, 0.3) is 0 Å². The fraction of sp³-hybridized carbons (Fsp3) is 0.773. The molecular weight excluding hydrogens is 366 g/mol. The number of aromatic nitrogens is 4. The number of thiophene rings is 1. The lowest BCUT2D eigenvalue weighted by atomic mass is 9.69. The molecule has 3 fully saturated rings. The van der Waals surface area contributed by atoms with Crippen LogP contribution in [0.15, 0.2) is 17.5 Å². The molecule has 0 unspecified atom stereocenters. The van der Waals surface area contributed by atoms with Crippen molar-refractivity contribution in [2.75, 3.05) is 13.1 Å². The van der Waals surface area contributed by atoms with Crippen LogP contribution in [0.1, 0.15) is 99.8 Å². The van der Waals surface area contributed by atoms with Crippen LogP contribution in [-0.2, 0) is 0 Å². The summed E-state index contributed by atoms with van der Waals surface area (Å²) in [6, 6.07) is 5.17. The predicted molar refractivity (Wildman–Crippen MR) is 112 cm³/mol. The van der Waals surface area contributed by atoms with Crippen molar-refractivity contribution in [2.24, 2.45) is 5.41 Å². The standard InChI is InChI=1S/C22H33N5S/c1-3-9-18(10-4-1)27-21(23-24-25-27)20(19-11-7-16-28-19)26-15-8-14-22(17-26)12-5-2-6-13-22/h7,11,16,18,20H,1-6,8-10,12-15,17H2/t20-/m1/s1. The van der Waals surface area contributed by atoms with E-state index in [1.54, 1.807) is 0 Å². The lowest BCUT2D eigenvalue weighted by Gasteiger charge is -2.47. The molecule has 1 saturated heterocycles. The van der Waals surface area contributed by atoms with Gasteiger partial charge in [-0.25, -0.2) is 4.68 Å². The Balaban J connectivity index is 1.47. The number of tetrazole rings is 1. The van der Waals surface area contributed by atoms with Gasteiger partial charge in [0.1, 0.15) is 6.04 Å². The summed E-state index contributed by atoms with van der Waals surface area (Å²) in [4.78, 5) is 4.13. The Bertz CT molecular complexity index is 737. The fourth-order valence-corrected chi connectivity index (χ4v) is 6.91. The van der Waals surface area contributed by atoms with Crippen LogP contribution in [-0.4, -0.2) is 38.2 Å². The number of rotatable bonds is 4. The molecule has 6 heteroatoms. The first-order valence-electron chi connectivity index (χ1n) is 11.4. The zero-order chi connectivity index (χ0) is 18.8. The molecule has 3 aliphatic rings. The minimum Gasteiger partial charge on any atom is -0.288 e. The maximum absolute atomic E-state index is 4.62. The second-order valence-corrected chi connectivity index (χ2v) is 10.3. The highest BCUT2D eigenvalue weighted by Gasteiger charge is 2.41. The van der Waals surface area contributed by atoms with Gasteiger partial charge in [-0.2, -0.15) is 0 Å². The van der Waals surface area contributed by atoms with Crippen molar-refractivity contribution >= 4 is 11.3 Å². The molecule has 2 aromatic heterocycles. The summed E-state index contributed by atoms with van der Waals surface area (Å²) >= 11 is 1.86. The van der Waals surface area contributed by atoms with Crippen molar-refractivity contribution in [1.82, 2.24) is 25.1 Å². The van der Waals surface area contributed by atoms with Crippen LogP contribution in [0, 0.1) is 5.41 Å². The molecule has 2 aromatic rings. The first-order valence-corrected chi connectivity index (χ1v) is 12.3. The molecule has 0 amide bonds. The smallest absolute Gasteiger partial charge is 0.174 e. The first-order chi connectivity index (χ1) is 13.8. The average Bonchev–Trinajstić information content (AvgIpc) is 3.43. The molecule has 2 saturated carbocycles. The molecule has 2 aliphatic carbocycles. The largest absolute Gasteiger partial charge is 0.288 e. The monoisotopic (exact) mass is 399 g/mol. The Labute approximate surface area is 172 Å². The quantitative estimate of drug-likeness (QED) is 0.693. The normalized spacial score (nSPS) is 25.1. The van der Waals surface area contributed by atoms with Gasteiger partial charge in [-0.1, -0.05) is 44.6 Å². The molecule has 1 spiro atoms. The van der Waals surface area contributed by atoms with Crippen molar-refractivity contribution < 1.29 is 0 Å². The first kappa shape index (κ1) is 18.7. The maximum atomic E-state index is 4.62. The van der Waals surface area contributed by atoms with Crippen LogP contribution in [0.3, 0.4) is 0 Å². The van der Waals surface area contributed by atoms with Gasteiger partial charge in [0, 0.05) is 11.4 Å². The fourth-order valence-electron chi connectivity index (χ4n) is 6.06. The summed E-state index contributed by atoms with van der Waals surface area (Å²) in [6.07, 6.45) is 16.2. The molecule has 5 nitrogen and oxygen atoms in total. The third-order valence-electron chi connectivity index (χ3n) is 7.47. The summed E-state index contributed by atoms with van der Waals surface area (Å²) in [7, 11) is 0. The number of hydrogen-bond acceptors (Lipinski definition) is 5. The van der Waals surface area contributed by atoms with E-state index < -0.39 is 0 Å². The topological polar surface area (TPSA) is 46.8 Å². The van der Waals surface area contributed by atoms with E-state index in [0.29, 0.717) is 11.5 Å². The molecule has 5 rings (SSSR count). The number of nitrogens with zero attached hydrogens (tertiary/aromatic N) is 5. The summed E-state index contributed by atoms with van der Waals surface area (Å²) in [5.41, 5.74) is 0.537. The molecule has 152 valence electrons. The van der Waals surface area contributed by atoms with E-state index in [4.69, 9.17) is 0 Å². The second-order valence-electron chi connectivity index (χ2n) is 9.33. The van der Waals surface area contributed by atoms with E-state index in [1.165, 1.54) is 95.0 Å². The van der Waals surface area contributed by atoms with Gasteiger partial charge in [0.2, 0.25) is 0 Å². The molecule has 28 heavy (non-hydrogen) atoms. The molecular formula is C22H33N5S. The highest BCUT2D eigenvalue weighted by Crippen LogP contribution is 2.46. The second kappa shape index (κ2) is 8.23. The number of likely N-dealkylation sites (tertiary alicyclic amines) is 1. The molecule has 0 aromatic carbocycles. The van der Waals surface area contributed by atoms with E-state index in [2.05, 4.69) is 42.6 Å². The van der Waals surface area contributed by atoms with E-state index in [0.717, 1.165) is 5.82 Å². The zero-order valence-corrected chi connectivity index (χ0v) is 17.7. The highest BCUT2D eigenvalue weighted by atomic mass is 32.1. The third-order valence-corrected chi connectivity index (χ3v) is 8.39. The van der Waals surface area contributed by atoms with E-state index >= 15 is 0 Å². The van der Waals surface area contributed by atoms with Crippen LogP contribution in [0.4, 0.5) is 0 Å². The van der Waals surface area contributed by atoms with Crippen molar-refractivity contribution in [2.45, 2.75) is 89.1 Å². The van der Waals surface area contributed by atoms with Crippen molar-refractivity contribution in [3.8, 4) is 0 Å². The predicted octanol–water partition coefficient (Wildman–Crippen LogP) is 5.38. The summed E-state index contributed by atoms with van der Waals surface area (Å²) in [5.74, 6) is 1.09. The van der Waals surface area contributed by atoms with Gasteiger partial charge in [0.15, 0.2) is 5.82 Å². The third kappa shape index (κ3) is 3.65. The van der Waals surface area contributed by atoms with E-state index in [1.807, 2.05) is 11.3 Å². The van der Waals surface area contributed by atoms with Crippen molar-refractivity contribution in [3.63, 3.8) is 0 Å². The van der Waals surface area contributed by atoms with Crippen LogP contribution in [0.2, 0.25) is 0 Å². The SMILES string of the molecule is c1csc([C@H](c2nnnn2C2CCCCC2)N2CCCC3(CCCCC3)C2)c1. The Morgan fingerprint density at radius 2 is 1.79 bits per heavy atom. The van der Waals surface area contributed by atoms with Crippen molar-refractivity contribution in [1.29, 1.82) is 0 Å². The van der Waals surface area contributed by atoms with Crippen LogP contribution in [0.25, 0.3) is 0 Å². The Morgan fingerprint density at radius 3 is 2.57 bits per heavy atom. The molecule has 0 bridgehead atoms. The van der Waals surface area contributed by atoms with Gasteiger partial charge in [-0.05, 0) is 72.4 Å².